The van der Waals surface area contributed by atoms with Gasteiger partial charge in [0.15, 0.2) is 9.84 Å². The van der Waals surface area contributed by atoms with Gasteiger partial charge in [0.05, 0.1) is 23.7 Å². The molecule has 0 saturated carbocycles. The van der Waals surface area contributed by atoms with Crippen LogP contribution in [0.1, 0.15) is 17.1 Å². The van der Waals surface area contributed by atoms with E-state index in [9.17, 15) is 13.2 Å². The number of hydrogen-bond donors (Lipinski definition) is 1. The van der Waals surface area contributed by atoms with Gasteiger partial charge in [0.1, 0.15) is 5.82 Å². The third-order valence-electron chi connectivity index (χ3n) is 4.06. The third-order valence-corrected chi connectivity index (χ3v) is 5.67. The summed E-state index contributed by atoms with van der Waals surface area (Å²) >= 11 is 0. The average Bonchev–Trinajstić information content (AvgIpc) is 2.89. The van der Waals surface area contributed by atoms with Crippen LogP contribution in [-0.2, 0) is 14.6 Å². The van der Waals surface area contributed by atoms with Gasteiger partial charge < -0.3 is 5.32 Å². The number of nitrogens with one attached hydrogen (secondary N) is 1. The van der Waals surface area contributed by atoms with Crippen LogP contribution < -0.4 is 5.32 Å². The first-order chi connectivity index (χ1) is 12.2. The normalized spacial score (nSPS) is 17.2. The van der Waals surface area contributed by atoms with E-state index >= 15 is 0 Å². The summed E-state index contributed by atoms with van der Waals surface area (Å²) in [6, 6.07) is 3.61. The standard InChI is InChI=1S/C16H22N6O3S/c1-11-8-12(2)18-16(17-11)22-14(9-13(3)20-22)19-15(23)10-21-4-6-26(24,25)7-5-21/h8-9H,4-7,10H2,1-3H3,(H,19,23). The minimum atomic E-state index is -2.96. The van der Waals surface area contributed by atoms with E-state index in [0.717, 1.165) is 17.1 Å². The predicted octanol–water partition coefficient (Wildman–Crippen LogP) is 0.256. The molecule has 10 heteroatoms. The fraction of sp³-hybridized carbons (Fsp3) is 0.500. The van der Waals surface area contributed by atoms with Crippen molar-refractivity contribution < 1.29 is 13.2 Å². The molecule has 0 aliphatic carbocycles. The van der Waals surface area contributed by atoms with E-state index < -0.39 is 9.84 Å². The number of hydrogen-bond acceptors (Lipinski definition) is 7. The zero-order valence-electron chi connectivity index (χ0n) is 15.1. The number of sulfone groups is 1. The number of amides is 1. The molecule has 2 aromatic rings. The van der Waals surface area contributed by atoms with Crippen molar-refractivity contribution in [2.45, 2.75) is 20.8 Å². The van der Waals surface area contributed by atoms with E-state index in [1.54, 1.807) is 6.07 Å². The lowest BCUT2D eigenvalue weighted by molar-refractivity contribution is -0.117. The molecular formula is C16H22N6O3S. The molecule has 1 N–H and O–H groups in total. The Morgan fingerprint density at radius 3 is 2.31 bits per heavy atom. The Bertz CT molecular complexity index is 903. The molecule has 140 valence electrons. The number of carbonyl (C=O) groups excluding carboxylic acids is 1. The fourth-order valence-corrected chi connectivity index (χ4v) is 4.11. The van der Waals surface area contributed by atoms with Crippen molar-refractivity contribution in [3.63, 3.8) is 0 Å². The first-order valence-corrected chi connectivity index (χ1v) is 10.2. The van der Waals surface area contributed by atoms with Gasteiger partial charge in [-0.05, 0) is 26.8 Å². The zero-order chi connectivity index (χ0) is 18.9. The van der Waals surface area contributed by atoms with Gasteiger partial charge in [-0.1, -0.05) is 0 Å². The van der Waals surface area contributed by atoms with E-state index in [1.165, 1.54) is 4.68 Å². The van der Waals surface area contributed by atoms with E-state index in [1.807, 2.05) is 31.7 Å². The largest absolute Gasteiger partial charge is 0.309 e. The van der Waals surface area contributed by atoms with Gasteiger partial charge in [-0.25, -0.2) is 18.4 Å². The summed E-state index contributed by atoms with van der Waals surface area (Å²) in [5, 5.41) is 7.19. The van der Waals surface area contributed by atoms with E-state index in [-0.39, 0.29) is 24.0 Å². The van der Waals surface area contributed by atoms with Gasteiger partial charge in [0.25, 0.3) is 5.95 Å². The molecule has 1 fully saturated rings. The zero-order valence-corrected chi connectivity index (χ0v) is 15.9. The fourth-order valence-electron chi connectivity index (χ4n) is 2.84. The maximum absolute atomic E-state index is 12.4. The molecule has 3 heterocycles. The predicted molar refractivity (Wildman–Crippen MR) is 97.1 cm³/mol. The molecule has 1 amide bonds. The van der Waals surface area contributed by atoms with Gasteiger partial charge in [-0.15, -0.1) is 0 Å². The minimum Gasteiger partial charge on any atom is -0.309 e. The van der Waals surface area contributed by atoms with Crippen LogP contribution in [0, 0.1) is 20.8 Å². The van der Waals surface area contributed by atoms with Crippen molar-refractivity contribution in [1.29, 1.82) is 0 Å². The van der Waals surface area contributed by atoms with E-state index in [2.05, 4.69) is 20.4 Å². The topological polar surface area (TPSA) is 110 Å². The van der Waals surface area contributed by atoms with Crippen LogP contribution in [0.25, 0.3) is 5.95 Å². The van der Waals surface area contributed by atoms with Crippen molar-refractivity contribution in [1.82, 2.24) is 24.6 Å². The molecule has 0 unspecified atom stereocenters. The van der Waals surface area contributed by atoms with Crippen molar-refractivity contribution in [2.24, 2.45) is 0 Å². The Morgan fingerprint density at radius 2 is 1.69 bits per heavy atom. The van der Waals surface area contributed by atoms with Crippen LogP contribution >= 0.6 is 0 Å². The summed E-state index contributed by atoms with van der Waals surface area (Å²) in [5.74, 6) is 0.841. The molecule has 0 bridgehead atoms. The second-order valence-electron chi connectivity index (χ2n) is 6.51. The summed E-state index contributed by atoms with van der Waals surface area (Å²) in [6.45, 7) is 6.44. The Morgan fingerprint density at radius 1 is 1.08 bits per heavy atom. The summed E-state index contributed by atoms with van der Waals surface area (Å²) in [6.07, 6.45) is 0. The second kappa shape index (κ2) is 7.12. The van der Waals surface area contributed by atoms with Crippen molar-refractivity contribution in [2.75, 3.05) is 36.5 Å². The molecule has 3 rings (SSSR count). The quantitative estimate of drug-likeness (QED) is 0.812. The number of aryl methyl sites for hydroxylation is 3. The molecule has 0 aromatic carbocycles. The van der Waals surface area contributed by atoms with Gasteiger partial charge in [-0.2, -0.15) is 9.78 Å². The van der Waals surface area contributed by atoms with Gasteiger partial charge in [-0.3, -0.25) is 9.69 Å². The summed E-state index contributed by atoms with van der Waals surface area (Å²) < 4.78 is 24.5. The average molecular weight is 378 g/mol. The number of rotatable bonds is 4. The second-order valence-corrected chi connectivity index (χ2v) is 8.81. The van der Waals surface area contributed by atoms with Crippen LogP contribution in [0.15, 0.2) is 12.1 Å². The molecule has 0 atom stereocenters. The molecule has 9 nitrogen and oxygen atoms in total. The van der Waals surface area contributed by atoms with Gasteiger partial charge in [0.2, 0.25) is 5.91 Å². The van der Waals surface area contributed by atoms with Crippen molar-refractivity contribution in [3.8, 4) is 5.95 Å². The Balaban J connectivity index is 1.73. The third kappa shape index (κ3) is 4.44. The Hall–Kier alpha value is -2.33. The smallest absolute Gasteiger partial charge is 0.252 e. The van der Waals surface area contributed by atoms with Crippen LogP contribution in [0.4, 0.5) is 5.82 Å². The first kappa shape index (κ1) is 18.5. The highest BCUT2D eigenvalue weighted by Gasteiger charge is 2.23. The van der Waals surface area contributed by atoms with Crippen LogP contribution in [0.3, 0.4) is 0 Å². The highest BCUT2D eigenvalue weighted by molar-refractivity contribution is 7.91. The minimum absolute atomic E-state index is 0.0910. The highest BCUT2D eigenvalue weighted by Crippen LogP contribution is 2.15. The molecule has 1 aliphatic rings. The number of nitrogens with zero attached hydrogens (tertiary/aromatic N) is 5. The lowest BCUT2D eigenvalue weighted by Crippen LogP contribution is -2.44. The summed E-state index contributed by atoms with van der Waals surface area (Å²) in [4.78, 5) is 23.0. The first-order valence-electron chi connectivity index (χ1n) is 8.34. The molecule has 0 spiro atoms. The molecular weight excluding hydrogens is 356 g/mol. The lowest BCUT2D eigenvalue weighted by atomic mass is 10.4. The highest BCUT2D eigenvalue weighted by atomic mass is 32.2. The lowest BCUT2D eigenvalue weighted by Gasteiger charge is -2.25. The van der Waals surface area contributed by atoms with E-state index in [0.29, 0.717) is 24.9 Å². The molecule has 2 aromatic heterocycles. The van der Waals surface area contributed by atoms with Crippen molar-refractivity contribution >= 4 is 21.6 Å². The molecule has 1 saturated heterocycles. The van der Waals surface area contributed by atoms with Crippen molar-refractivity contribution in [3.05, 3.63) is 29.2 Å². The maximum atomic E-state index is 12.4. The molecule has 0 radical (unpaired) electrons. The van der Waals surface area contributed by atoms with Crippen LogP contribution in [0.5, 0.6) is 0 Å². The number of aromatic nitrogens is 4. The number of anilines is 1. The monoisotopic (exact) mass is 378 g/mol. The van der Waals surface area contributed by atoms with Gasteiger partial charge in [0, 0.05) is 30.5 Å². The summed E-state index contributed by atoms with van der Waals surface area (Å²) in [5.41, 5.74) is 2.35. The molecule has 1 aliphatic heterocycles. The van der Waals surface area contributed by atoms with Crippen LogP contribution in [0.2, 0.25) is 0 Å². The van der Waals surface area contributed by atoms with Gasteiger partial charge >= 0.3 is 0 Å². The molecule has 26 heavy (non-hydrogen) atoms. The van der Waals surface area contributed by atoms with Crippen LogP contribution in [-0.4, -0.2) is 70.1 Å². The maximum Gasteiger partial charge on any atom is 0.252 e. The Labute approximate surface area is 152 Å². The summed E-state index contributed by atoms with van der Waals surface area (Å²) in [7, 11) is -2.96. The Kier molecular flexibility index (Phi) is 5.05. The number of carbonyl (C=O) groups is 1. The SMILES string of the molecule is Cc1cc(C)nc(-n2nc(C)cc2NC(=O)CN2CCS(=O)(=O)CC2)n1. The van der Waals surface area contributed by atoms with E-state index in [4.69, 9.17) is 0 Å².